The van der Waals surface area contributed by atoms with Crippen molar-refractivity contribution >= 4 is 5.95 Å². The van der Waals surface area contributed by atoms with Crippen LogP contribution in [0.5, 0.6) is 0 Å². The van der Waals surface area contributed by atoms with Crippen molar-refractivity contribution in [3.8, 4) is 5.82 Å². The van der Waals surface area contributed by atoms with E-state index in [0.717, 1.165) is 6.20 Å². The van der Waals surface area contributed by atoms with Crippen LogP contribution in [0.1, 0.15) is 0 Å². The van der Waals surface area contributed by atoms with E-state index in [2.05, 4.69) is 25.5 Å². The highest BCUT2D eigenvalue weighted by Gasteiger charge is 2.08. The van der Waals surface area contributed by atoms with E-state index < -0.39 is 5.82 Å². The highest BCUT2D eigenvalue weighted by atomic mass is 19.1. The molecule has 3 N–H and O–H groups in total. The Balaban J connectivity index is 2.51. The Labute approximate surface area is 77.8 Å². The summed E-state index contributed by atoms with van der Waals surface area (Å²) < 4.78 is 14.4. The molecule has 0 aromatic carbocycles. The molecule has 0 fully saturated rings. The van der Waals surface area contributed by atoms with E-state index in [1.165, 1.54) is 17.3 Å². The van der Waals surface area contributed by atoms with Crippen molar-refractivity contribution in [3.05, 3.63) is 24.7 Å². The van der Waals surface area contributed by atoms with Crippen molar-refractivity contribution < 1.29 is 4.39 Å². The van der Waals surface area contributed by atoms with Gasteiger partial charge in [0.25, 0.3) is 0 Å². The molecule has 2 aromatic rings. The molecule has 0 saturated heterocycles. The first-order chi connectivity index (χ1) is 6.81. The Hall–Kier alpha value is -2.09. The van der Waals surface area contributed by atoms with Gasteiger partial charge in [0.1, 0.15) is 12.7 Å². The van der Waals surface area contributed by atoms with Gasteiger partial charge in [0, 0.05) is 0 Å². The zero-order valence-electron chi connectivity index (χ0n) is 6.92. The maximum atomic E-state index is 13.2. The Bertz CT molecular complexity index is 426. The fourth-order valence-corrected chi connectivity index (χ4v) is 0.906. The molecule has 0 aliphatic carbocycles. The van der Waals surface area contributed by atoms with Crippen molar-refractivity contribution in [3.63, 3.8) is 0 Å². The normalized spacial score (nSPS) is 10.1. The number of hydrogen-bond donors (Lipinski definition) is 2. The van der Waals surface area contributed by atoms with Crippen molar-refractivity contribution in [1.29, 1.82) is 0 Å². The lowest BCUT2D eigenvalue weighted by Gasteiger charge is -2.02. The molecule has 0 aliphatic rings. The lowest BCUT2D eigenvalue weighted by Crippen LogP contribution is -2.13. The third-order valence-corrected chi connectivity index (χ3v) is 1.49. The molecule has 14 heavy (non-hydrogen) atoms. The first-order valence-corrected chi connectivity index (χ1v) is 3.65. The van der Waals surface area contributed by atoms with Crippen molar-refractivity contribution in [1.82, 2.24) is 24.7 Å². The van der Waals surface area contributed by atoms with Gasteiger partial charge in [0.15, 0.2) is 11.6 Å². The molecule has 0 aliphatic heterocycles. The molecule has 7 nitrogen and oxygen atoms in total. The average molecular weight is 195 g/mol. The molecule has 2 rings (SSSR count). The van der Waals surface area contributed by atoms with Crippen LogP contribution in [0.4, 0.5) is 10.3 Å². The summed E-state index contributed by atoms with van der Waals surface area (Å²) in [6, 6.07) is 0. The summed E-state index contributed by atoms with van der Waals surface area (Å²) in [7, 11) is 0. The summed E-state index contributed by atoms with van der Waals surface area (Å²) in [6.07, 6.45) is 3.60. The number of nitrogens with two attached hydrogens (primary N) is 1. The maximum Gasteiger partial charge on any atom is 0.239 e. The van der Waals surface area contributed by atoms with Gasteiger partial charge in [-0.05, 0) is 0 Å². The van der Waals surface area contributed by atoms with Gasteiger partial charge in [0.2, 0.25) is 5.95 Å². The molecule has 0 unspecified atom stereocenters. The third-order valence-electron chi connectivity index (χ3n) is 1.49. The number of rotatable bonds is 2. The molecule has 0 spiro atoms. The minimum atomic E-state index is -0.602. The highest BCUT2D eigenvalue weighted by Crippen LogP contribution is 2.08. The fourth-order valence-electron chi connectivity index (χ4n) is 0.906. The smallest absolute Gasteiger partial charge is 0.239 e. The molecule has 0 bridgehead atoms. The van der Waals surface area contributed by atoms with Crippen molar-refractivity contribution in [2.45, 2.75) is 0 Å². The lowest BCUT2D eigenvalue weighted by atomic mass is 10.5. The summed E-state index contributed by atoms with van der Waals surface area (Å²) in [5, 5.41) is 3.73. The molecule has 0 atom stereocenters. The van der Waals surface area contributed by atoms with Gasteiger partial charge in [-0.15, -0.1) is 0 Å². The number of hydrazine groups is 1. The number of nitrogens with zero attached hydrogens (tertiary/aromatic N) is 5. The van der Waals surface area contributed by atoms with Gasteiger partial charge in [-0.2, -0.15) is 14.8 Å². The van der Waals surface area contributed by atoms with E-state index in [1.54, 1.807) is 0 Å². The Morgan fingerprint density at radius 3 is 3.00 bits per heavy atom. The van der Waals surface area contributed by atoms with Crippen LogP contribution in [0.25, 0.3) is 5.82 Å². The first kappa shape index (κ1) is 8.51. The Morgan fingerprint density at radius 2 is 2.36 bits per heavy atom. The van der Waals surface area contributed by atoms with Gasteiger partial charge < -0.3 is 0 Å². The topological polar surface area (TPSA) is 94.5 Å². The van der Waals surface area contributed by atoms with Crippen LogP contribution in [0.15, 0.2) is 18.9 Å². The number of nitrogen functional groups attached to an aromatic ring is 1. The van der Waals surface area contributed by atoms with E-state index in [-0.39, 0.29) is 11.8 Å². The van der Waals surface area contributed by atoms with Crippen LogP contribution >= 0.6 is 0 Å². The summed E-state index contributed by atoms with van der Waals surface area (Å²) in [5.41, 5.74) is 2.21. The van der Waals surface area contributed by atoms with Crippen LogP contribution in [0.3, 0.4) is 0 Å². The van der Waals surface area contributed by atoms with Crippen LogP contribution in [-0.4, -0.2) is 24.7 Å². The van der Waals surface area contributed by atoms with Crippen LogP contribution < -0.4 is 11.3 Å². The predicted octanol–water partition coefficient (Wildman–Crippen LogP) is -0.518. The van der Waals surface area contributed by atoms with Gasteiger partial charge in [-0.3, -0.25) is 5.43 Å². The SMILES string of the molecule is NNc1ncc(F)c(-n2cncn2)n1. The van der Waals surface area contributed by atoms with E-state index in [4.69, 9.17) is 5.84 Å². The monoisotopic (exact) mass is 195 g/mol. The van der Waals surface area contributed by atoms with E-state index in [9.17, 15) is 4.39 Å². The standard InChI is InChI=1S/C6H6FN7/c7-4-1-10-6(13-8)12-5(4)14-3-9-2-11-14/h1-3H,8H2,(H,10,12,13). The number of aromatic nitrogens is 5. The molecule has 8 heteroatoms. The molecule has 0 radical (unpaired) electrons. The maximum absolute atomic E-state index is 13.2. The van der Waals surface area contributed by atoms with Gasteiger partial charge in [0.05, 0.1) is 6.20 Å². The molecule has 0 saturated carbocycles. The first-order valence-electron chi connectivity index (χ1n) is 3.65. The second kappa shape index (κ2) is 3.34. The fraction of sp³-hybridized carbons (Fsp3) is 0. The van der Waals surface area contributed by atoms with Crippen LogP contribution in [0, 0.1) is 5.82 Å². The number of hydrogen-bond acceptors (Lipinski definition) is 6. The third kappa shape index (κ3) is 1.38. The number of halogens is 1. The molecule has 72 valence electrons. The zero-order chi connectivity index (χ0) is 9.97. The van der Waals surface area contributed by atoms with Crippen molar-refractivity contribution in [2.24, 2.45) is 5.84 Å². The Morgan fingerprint density at radius 1 is 1.50 bits per heavy atom. The Kier molecular flexibility index (Phi) is 2.03. The van der Waals surface area contributed by atoms with E-state index in [1.807, 2.05) is 0 Å². The minimum Gasteiger partial charge on any atom is -0.292 e. The second-order valence-corrected chi connectivity index (χ2v) is 2.35. The number of nitrogens with one attached hydrogen (secondary N) is 1. The lowest BCUT2D eigenvalue weighted by molar-refractivity contribution is 0.593. The van der Waals surface area contributed by atoms with Gasteiger partial charge >= 0.3 is 0 Å². The molecular formula is C6H6FN7. The van der Waals surface area contributed by atoms with Crippen molar-refractivity contribution in [2.75, 3.05) is 5.43 Å². The summed E-state index contributed by atoms with van der Waals surface area (Å²) in [6.45, 7) is 0. The predicted molar refractivity (Wildman–Crippen MR) is 44.7 cm³/mol. The molecule has 2 heterocycles. The number of anilines is 1. The van der Waals surface area contributed by atoms with E-state index >= 15 is 0 Å². The highest BCUT2D eigenvalue weighted by molar-refractivity contribution is 5.30. The van der Waals surface area contributed by atoms with Crippen LogP contribution in [0.2, 0.25) is 0 Å². The average Bonchev–Trinajstić information content (AvgIpc) is 2.71. The largest absolute Gasteiger partial charge is 0.292 e. The molecule has 2 aromatic heterocycles. The van der Waals surface area contributed by atoms with Gasteiger partial charge in [-0.1, -0.05) is 0 Å². The molecular weight excluding hydrogens is 189 g/mol. The minimum absolute atomic E-state index is 0.00884. The van der Waals surface area contributed by atoms with Gasteiger partial charge in [-0.25, -0.2) is 20.2 Å². The van der Waals surface area contributed by atoms with Crippen LogP contribution in [-0.2, 0) is 0 Å². The zero-order valence-corrected chi connectivity index (χ0v) is 6.92. The second-order valence-electron chi connectivity index (χ2n) is 2.35. The summed E-state index contributed by atoms with van der Waals surface area (Å²) in [4.78, 5) is 11.0. The van der Waals surface area contributed by atoms with E-state index in [0.29, 0.717) is 0 Å². The quantitative estimate of drug-likeness (QED) is 0.494. The molecule has 0 amide bonds. The summed E-state index contributed by atoms with van der Waals surface area (Å²) in [5.74, 6) is 4.58. The summed E-state index contributed by atoms with van der Waals surface area (Å²) >= 11 is 0.